The summed E-state index contributed by atoms with van der Waals surface area (Å²) in [4.78, 5) is 10.5. The number of ether oxygens (including phenoxy) is 2. The van der Waals surface area contributed by atoms with Crippen LogP contribution in [0.5, 0.6) is 0 Å². The molecule has 1 saturated heterocycles. The normalized spacial score (nSPS) is 36.6. The van der Waals surface area contributed by atoms with Crippen molar-refractivity contribution in [3.8, 4) is 0 Å². The molecule has 106 valence electrons. The molecule has 7 heteroatoms. The van der Waals surface area contributed by atoms with Crippen molar-refractivity contribution in [1.29, 1.82) is 0 Å². The number of amides is 1. The van der Waals surface area contributed by atoms with Crippen molar-refractivity contribution in [2.24, 2.45) is 11.7 Å². The van der Waals surface area contributed by atoms with E-state index in [1.807, 2.05) is 0 Å². The SMILES string of the molecule is CC1C(OCCCC(N)=O)OC(CO)C(O)C1O. The number of aliphatic hydroxyl groups is 3. The van der Waals surface area contributed by atoms with Crippen LogP contribution in [0.4, 0.5) is 0 Å². The molecule has 0 spiro atoms. The molecule has 1 fully saturated rings. The van der Waals surface area contributed by atoms with E-state index >= 15 is 0 Å². The molecular formula is C11H21NO6. The Balaban J connectivity index is 2.41. The van der Waals surface area contributed by atoms with Crippen molar-refractivity contribution >= 4 is 5.91 Å². The maximum atomic E-state index is 10.5. The lowest BCUT2D eigenvalue weighted by Crippen LogP contribution is -2.55. The van der Waals surface area contributed by atoms with Gasteiger partial charge in [-0.15, -0.1) is 0 Å². The Labute approximate surface area is 105 Å². The van der Waals surface area contributed by atoms with Gasteiger partial charge in [0, 0.05) is 12.3 Å². The third kappa shape index (κ3) is 3.89. The first-order chi connectivity index (χ1) is 8.47. The van der Waals surface area contributed by atoms with Crippen LogP contribution in [0.2, 0.25) is 0 Å². The molecule has 0 bridgehead atoms. The third-order valence-corrected chi connectivity index (χ3v) is 3.04. The van der Waals surface area contributed by atoms with Gasteiger partial charge in [-0.2, -0.15) is 0 Å². The zero-order valence-electron chi connectivity index (χ0n) is 10.4. The molecule has 0 aromatic heterocycles. The van der Waals surface area contributed by atoms with Gasteiger partial charge in [-0.1, -0.05) is 6.92 Å². The molecule has 0 aliphatic carbocycles. The summed E-state index contributed by atoms with van der Waals surface area (Å²) in [6, 6.07) is 0. The number of primary amides is 1. The maximum absolute atomic E-state index is 10.5. The first kappa shape index (κ1) is 15.3. The highest BCUT2D eigenvalue weighted by Crippen LogP contribution is 2.26. The van der Waals surface area contributed by atoms with E-state index < -0.39 is 43.0 Å². The van der Waals surface area contributed by atoms with E-state index in [2.05, 4.69) is 0 Å². The molecule has 1 aliphatic rings. The minimum Gasteiger partial charge on any atom is -0.394 e. The second-order valence-electron chi connectivity index (χ2n) is 4.51. The van der Waals surface area contributed by atoms with Crippen LogP contribution in [-0.2, 0) is 14.3 Å². The minimum atomic E-state index is -1.13. The number of aliphatic hydroxyl groups excluding tert-OH is 3. The summed E-state index contributed by atoms with van der Waals surface area (Å²) in [6.45, 7) is 1.55. The van der Waals surface area contributed by atoms with Crippen LogP contribution in [0.15, 0.2) is 0 Å². The van der Waals surface area contributed by atoms with Crippen molar-refractivity contribution in [2.45, 2.75) is 44.4 Å². The molecule has 5 N–H and O–H groups in total. The van der Waals surface area contributed by atoms with Gasteiger partial charge < -0.3 is 30.5 Å². The maximum Gasteiger partial charge on any atom is 0.217 e. The fraction of sp³-hybridized carbons (Fsp3) is 0.909. The summed E-state index contributed by atoms with van der Waals surface area (Å²) in [6.07, 6.45) is -3.04. The number of hydrogen-bond donors (Lipinski definition) is 4. The molecule has 1 heterocycles. The van der Waals surface area contributed by atoms with Gasteiger partial charge in [-0.25, -0.2) is 0 Å². The molecule has 18 heavy (non-hydrogen) atoms. The lowest BCUT2D eigenvalue weighted by atomic mass is 9.92. The quantitative estimate of drug-likeness (QED) is 0.426. The topological polar surface area (TPSA) is 122 Å². The van der Waals surface area contributed by atoms with Gasteiger partial charge in [0.15, 0.2) is 6.29 Å². The van der Waals surface area contributed by atoms with E-state index in [4.69, 9.17) is 20.3 Å². The lowest BCUT2D eigenvalue weighted by Gasteiger charge is -2.40. The van der Waals surface area contributed by atoms with Crippen LogP contribution in [-0.4, -0.2) is 59.0 Å². The average molecular weight is 263 g/mol. The summed E-state index contributed by atoms with van der Waals surface area (Å²) in [7, 11) is 0. The van der Waals surface area contributed by atoms with Gasteiger partial charge in [0.25, 0.3) is 0 Å². The van der Waals surface area contributed by atoms with E-state index in [0.29, 0.717) is 6.42 Å². The molecular weight excluding hydrogens is 242 g/mol. The van der Waals surface area contributed by atoms with E-state index in [1.165, 1.54) is 0 Å². The van der Waals surface area contributed by atoms with Crippen LogP contribution in [0.1, 0.15) is 19.8 Å². The van der Waals surface area contributed by atoms with Gasteiger partial charge >= 0.3 is 0 Å². The fourth-order valence-corrected chi connectivity index (χ4v) is 1.86. The Morgan fingerprint density at radius 1 is 1.39 bits per heavy atom. The average Bonchev–Trinajstić information content (AvgIpc) is 2.34. The van der Waals surface area contributed by atoms with Gasteiger partial charge in [0.05, 0.1) is 19.3 Å². The molecule has 7 nitrogen and oxygen atoms in total. The van der Waals surface area contributed by atoms with Gasteiger partial charge in [-0.3, -0.25) is 4.79 Å². The molecule has 0 radical (unpaired) electrons. The summed E-state index contributed by atoms with van der Waals surface area (Å²) in [5.41, 5.74) is 4.99. The molecule has 0 aromatic carbocycles. The van der Waals surface area contributed by atoms with E-state index in [9.17, 15) is 15.0 Å². The lowest BCUT2D eigenvalue weighted by molar-refractivity contribution is -0.282. The third-order valence-electron chi connectivity index (χ3n) is 3.04. The van der Waals surface area contributed by atoms with Gasteiger partial charge in [-0.05, 0) is 6.42 Å². The van der Waals surface area contributed by atoms with Crippen LogP contribution >= 0.6 is 0 Å². The van der Waals surface area contributed by atoms with Crippen molar-refractivity contribution in [2.75, 3.05) is 13.2 Å². The Morgan fingerprint density at radius 3 is 2.61 bits per heavy atom. The highest BCUT2D eigenvalue weighted by atomic mass is 16.7. The van der Waals surface area contributed by atoms with Crippen molar-refractivity contribution in [3.05, 3.63) is 0 Å². The standard InChI is InChI=1S/C11H21NO6/c1-6-9(15)10(16)7(5-13)18-11(6)17-4-2-3-8(12)14/h6-7,9-11,13,15-16H,2-5H2,1H3,(H2,12,14). The number of carbonyl (C=O) groups is 1. The number of rotatable bonds is 6. The Hall–Kier alpha value is -0.730. The van der Waals surface area contributed by atoms with Crippen LogP contribution < -0.4 is 5.73 Å². The molecule has 5 unspecified atom stereocenters. The second-order valence-corrected chi connectivity index (χ2v) is 4.51. The van der Waals surface area contributed by atoms with E-state index in [1.54, 1.807) is 6.92 Å². The summed E-state index contributed by atoms with van der Waals surface area (Å²) >= 11 is 0. The van der Waals surface area contributed by atoms with Crippen molar-refractivity contribution < 1.29 is 29.6 Å². The Kier molecular flexibility index (Phi) is 5.97. The fourth-order valence-electron chi connectivity index (χ4n) is 1.86. The van der Waals surface area contributed by atoms with Crippen LogP contribution in [0, 0.1) is 5.92 Å². The number of hydrogen-bond acceptors (Lipinski definition) is 6. The number of carbonyl (C=O) groups excluding carboxylic acids is 1. The second kappa shape index (κ2) is 7.01. The largest absolute Gasteiger partial charge is 0.394 e. The zero-order valence-corrected chi connectivity index (χ0v) is 10.4. The predicted molar refractivity (Wildman–Crippen MR) is 61.3 cm³/mol. The monoisotopic (exact) mass is 263 g/mol. The van der Waals surface area contributed by atoms with Gasteiger partial charge in [0.2, 0.25) is 5.91 Å². The molecule has 1 rings (SSSR count). The summed E-state index contributed by atoms with van der Waals surface area (Å²) < 4.78 is 10.7. The highest BCUT2D eigenvalue weighted by Gasteiger charge is 2.42. The Morgan fingerprint density at radius 2 is 2.06 bits per heavy atom. The number of nitrogens with two attached hydrogens (primary N) is 1. The molecule has 1 aliphatic heterocycles. The van der Waals surface area contributed by atoms with Crippen LogP contribution in [0.25, 0.3) is 0 Å². The highest BCUT2D eigenvalue weighted by molar-refractivity contribution is 5.73. The van der Waals surface area contributed by atoms with Gasteiger partial charge in [0.1, 0.15) is 12.2 Å². The molecule has 1 amide bonds. The van der Waals surface area contributed by atoms with E-state index in [-0.39, 0.29) is 13.0 Å². The predicted octanol–water partition coefficient (Wildman–Crippen LogP) is -1.66. The summed E-state index contributed by atoms with van der Waals surface area (Å²) in [5.74, 6) is -0.823. The first-order valence-electron chi connectivity index (χ1n) is 5.99. The van der Waals surface area contributed by atoms with Crippen molar-refractivity contribution in [1.82, 2.24) is 0 Å². The van der Waals surface area contributed by atoms with E-state index in [0.717, 1.165) is 0 Å². The van der Waals surface area contributed by atoms with Crippen LogP contribution in [0.3, 0.4) is 0 Å². The smallest absolute Gasteiger partial charge is 0.217 e. The molecule has 0 saturated carbocycles. The van der Waals surface area contributed by atoms with Crippen molar-refractivity contribution in [3.63, 3.8) is 0 Å². The molecule has 5 atom stereocenters. The zero-order chi connectivity index (χ0) is 13.7. The Bertz CT molecular complexity index is 272. The summed E-state index contributed by atoms with van der Waals surface area (Å²) in [5, 5.41) is 28.4. The minimum absolute atomic E-state index is 0.218. The molecule has 0 aromatic rings. The first-order valence-corrected chi connectivity index (χ1v) is 5.99.